The summed E-state index contributed by atoms with van der Waals surface area (Å²) in [4.78, 5) is 34.7. The van der Waals surface area contributed by atoms with Crippen LogP contribution >= 0.6 is 0 Å². The molecule has 1 fully saturated rings. The molecule has 1 saturated heterocycles. The van der Waals surface area contributed by atoms with Crippen LogP contribution in [0.2, 0.25) is 0 Å². The lowest BCUT2D eigenvalue weighted by molar-refractivity contribution is -0.138. The Morgan fingerprint density at radius 1 is 0.951 bits per heavy atom. The molecule has 3 aromatic carbocycles. The zero-order valence-corrected chi connectivity index (χ0v) is 24.2. The molecule has 0 bridgehead atoms. The molecular weight excluding hydrogens is 515 g/mol. The van der Waals surface area contributed by atoms with E-state index in [1.807, 2.05) is 46.2 Å². The zero-order chi connectivity index (χ0) is 28.8. The SMILES string of the molecule is CCC(C)C(C(=O)N1CCN(c2ccc(F)cc2)CC1)N1C(=O)c2ccccc2C1c1c(C)n(C)c2ccccc12. The number of halogens is 1. The normalized spacial score (nSPS) is 18.6. The lowest BCUT2D eigenvalue weighted by Gasteiger charge is -2.42. The Morgan fingerprint density at radius 2 is 1.61 bits per heavy atom. The van der Waals surface area contributed by atoms with Gasteiger partial charge in [-0.15, -0.1) is 0 Å². The number of piperazine rings is 1. The van der Waals surface area contributed by atoms with Crippen molar-refractivity contribution < 1.29 is 14.0 Å². The third-order valence-electron chi connectivity index (χ3n) is 9.24. The minimum absolute atomic E-state index is 0.00199. The van der Waals surface area contributed by atoms with Crippen molar-refractivity contribution in [3.63, 3.8) is 0 Å². The van der Waals surface area contributed by atoms with Crippen molar-refractivity contribution in [3.8, 4) is 0 Å². The lowest BCUT2D eigenvalue weighted by atomic mass is 9.91. The molecular formula is C34H37FN4O2. The fraction of sp³-hybridized carbons (Fsp3) is 0.353. The predicted molar refractivity (Wildman–Crippen MR) is 161 cm³/mol. The second-order valence-corrected chi connectivity index (χ2v) is 11.4. The minimum Gasteiger partial charge on any atom is -0.368 e. The van der Waals surface area contributed by atoms with Crippen LogP contribution in [-0.2, 0) is 11.8 Å². The van der Waals surface area contributed by atoms with Gasteiger partial charge in [-0.2, -0.15) is 0 Å². The van der Waals surface area contributed by atoms with Gasteiger partial charge in [0.15, 0.2) is 0 Å². The van der Waals surface area contributed by atoms with Crippen LogP contribution in [0.25, 0.3) is 10.9 Å². The highest BCUT2D eigenvalue weighted by molar-refractivity contribution is 6.03. The van der Waals surface area contributed by atoms with Gasteiger partial charge in [-0.25, -0.2) is 4.39 Å². The van der Waals surface area contributed by atoms with Crippen molar-refractivity contribution in [1.29, 1.82) is 0 Å². The summed E-state index contributed by atoms with van der Waals surface area (Å²) in [5.74, 6) is -0.372. The first-order valence-electron chi connectivity index (χ1n) is 14.6. The summed E-state index contributed by atoms with van der Waals surface area (Å²) >= 11 is 0. The van der Waals surface area contributed by atoms with Gasteiger partial charge in [0.25, 0.3) is 5.91 Å². The van der Waals surface area contributed by atoms with E-state index in [-0.39, 0.29) is 29.6 Å². The quantitative estimate of drug-likeness (QED) is 0.298. The van der Waals surface area contributed by atoms with E-state index in [0.29, 0.717) is 31.7 Å². The van der Waals surface area contributed by atoms with Crippen molar-refractivity contribution in [3.05, 3.63) is 101 Å². The Morgan fingerprint density at radius 3 is 2.32 bits per heavy atom. The highest BCUT2D eigenvalue weighted by Gasteiger charge is 2.48. The summed E-state index contributed by atoms with van der Waals surface area (Å²) in [5.41, 5.74) is 5.87. The number of nitrogens with zero attached hydrogens (tertiary/aromatic N) is 4. The van der Waals surface area contributed by atoms with Gasteiger partial charge >= 0.3 is 0 Å². The number of para-hydroxylation sites is 1. The van der Waals surface area contributed by atoms with Gasteiger partial charge in [0.2, 0.25) is 5.91 Å². The summed E-state index contributed by atoms with van der Waals surface area (Å²) in [6.07, 6.45) is 0.771. The Hall–Kier alpha value is -4.13. The summed E-state index contributed by atoms with van der Waals surface area (Å²) in [5, 5.41) is 1.11. The summed E-state index contributed by atoms with van der Waals surface area (Å²) in [7, 11) is 2.06. The van der Waals surface area contributed by atoms with E-state index < -0.39 is 6.04 Å². The average Bonchev–Trinajstić information content (AvgIpc) is 3.42. The molecule has 6 nitrogen and oxygen atoms in total. The van der Waals surface area contributed by atoms with Crippen LogP contribution in [0.1, 0.15) is 53.5 Å². The van der Waals surface area contributed by atoms with E-state index >= 15 is 0 Å². The van der Waals surface area contributed by atoms with E-state index in [1.165, 1.54) is 12.1 Å². The number of hydrogen-bond acceptors (Lipinski definition) is 3. The zero-order valence-electron chi connectivity index (χ0n) is 24.2. The molecule has 3 heterocycles. The van der Waals surface area contributed by atoms with Crippen LogP contribution in [0.15, 0.2) is 72.8 Å². The van der Waals surface area contributed by atoms with Crippen LogP contribution in [0.5, 0.6) is 0 Å². The maximum Gasteiger partial charge on any atom is 0.255 e. The standard InChI is InChI=1S/C34H37FN4O2/c1-5-22(2)31(34(41)38-20-18-37(19-21-38)25-16-14-24(35)15-17-25)39-32(26-10-6-7-11-27(26)33(39)40)30-23(3)36(4)29-13-9-8-12-28(29)30/h6-17,22,31-32H,5,18-21H2,1-4H3. The molecule has 41 heavy (non-hydrogen) atoms. The Labute approximate surface area is 241 Å². The number of anilines is 1. The second kappa shape index (κ2) is 10.7. The summed E-state index contributed by atoms with van der Waals surface area (Å²) in [6, 6.07) is 21.7. The van der Waals surface area contributed by atoms with Gasteiger partial charge in [0.1, 0.15) is 11.9 Å². The first-order valence-corrected chi connectivity index (χ1v) is 14.6. The number of amides is 2. The van der Waals surface area contributed by atoms with Crippen LogP contribution in [-0.4, -0.2) is 58.4 Å². The molecule has 2 amide bonds. The predicted octanol–water partition coefficient (Wildman–Crippen LogP) is 5.93. The van der Waals surface area contributed by atoms with E-state index in [1.54, 1.807) is 12.1 Å². The van der Waals surface area contributed by atoms with E-state index in [0.717, 1.165) is 39.8 Å². The highest BCUT2D eigenvalue weighted by atomic mass is 19.1. The number of aromatic nitrogens is 1. The molecule has 0 N–H and O–H groups in total. The number of carbonyl (C=O) groups excluding carboxylic acids is 2. The molecule has 3 unspecified atom stereocenters. The van der Waals surface area contributed by atoms with Gasteiger partial charge in [-0.1, -0.05) is 56.7 Å². The van der Waals surface area contributed by atoms with E-state index in [9.17, 15) is 14.0 Å². The number of benzene rings is 3. The Bertz CT molecular complexity index is 1600. The fourth-order valence-corrected chi connectivity index (χ4v) is 6.70. The van der Waals surface area contributed by atoms with Gasteiger partial charge in [-0.3, -0.25) is 9.59 Å². The highest BCUT2D eigenvalue weighted by Crippen LogP contribution is 2.45. The van der Waals surface area contributed by atoms with Crippen LogP contribution in [0, 0.1) is 18.7 Å². The van der Waals surface area contributed by atoms with Crippen LogP contribution in [0.3, 0.4) is 0 Å². The molecule has 4 aromatic rings. The van der Waals surface area contributed by atoms with Gasteiger partial charge in [-0.05, 0) is 54.8 Å². The maximum absolute atomic E-state index is 14.5. The van der Waals surface area contributed by atoms with Gasteiger partial charge in [0.05, 0.1) is 6.04 Å². The molecule has 3 atom stereocenters. The molecule has 1 aromatic heterocycles. The van der Waals surface area contributed by atoms with Crippen LogP contribution < -0.4 is 4.90 Å². The average molecular weight is 553 g/mol. The van der Waals surface area contributed by atoms with Crippen molar-refractivity contribution >= 4 is 28.4 Å². The van der Waals surface area contributed by atoms with Gasteiger partial charge in [0, 0.05) is 66.6 Å². The summed E-state index contributed by atoms with van der Waals surface area (Å²) < 4.78 is 15.6. The van der Waals surface area contributed by atoms with E-state index in [2.05, 4.69) is 49.4 Å². The third-order valence-corrected chi connectivity index (χ3v) is 9.24. The smallest absolute Gasteiger partial charge is 0.255 e. The number of carbonyl (C=O) groups is 2. The monoisotopic (exact) mass is 552 g/mol. The molecule has 6 rings (SSSR count). The molecule has 212 valence electrons. The van der Waals surface area contributed by atoms with Gasteiger partial charge < -0.3 is 19.3 Å². The van der Waals surface area contributed by atoms with Crippen LogP contribution in [0.4, 0.5) is 10.1 Å². The first-order chi connectivity index (χ1) is 19.8. The number of aryl methyl sites for hydroxylation is 1. The Kier molecular flexibility index (Phi) is 7.06. The maximum atomic E-state index is 14.5. The third kappa shape index (κ3) is 4.48. The largest absolute Gasteiger partial charge is 0.368 e. The first kappa shape index (κ1) is 27.1. The molecule has 0 aliphatic carbocycles. The van der Waals surface area contributed by atoms with Crippen molar-refractivity contribution in [2.45, 2.75) is 39.3 Å². The van der Waals surface area contributed by atoms with Crippen molar-refractivity contribution in [2.24, 2.45) is 13.0 Å². The van der Waals surface area contributed by atoms with Crippen molar-refractivity contribution in [1.82, 2.24) is 14.4 Å². The molecule has 0 radical (unpaired) electrons. The minimum atomic E-state index is -0.597. The Balaban J connectivity index is 1.38. The molecule has 0 saturated carbocycles. The topological polar surface area (TPSA) is 48.8 Å². The molecule has 2 aliphatic heterocycles. The van der Waals surface area contributed by atoms with Crippen molar-refractivity contribution in [2.75, 3.05) is 31.1 Å². The number of hydrogen-bond donors (Lipinski definition) is 0. The van der Waals surface area contributed by atoms with E-state index in [4.69, 9.17) is 0 Å². The molecule has 2 aliphatic rings. The molecule has 7 heteroatoms. The number of fused-ring (bicyclic) bond motifs is 2. The lowest BCUT2D eigenvalue weighted by Crippen LogP contribution is -2.57. The molecule has 0 spiro atoms. The summed E-state index contributed by atoms with van der Waals surface area (Å²) in [6.45, 7) is 8.69. The fourth-order valence-electron chi connectivity index (χ4n) is 6.70. The second-order valence-electron chi connectivity index (χ2n) is 11.4. The number of rotatable bonds is 6.